The average molecular weight is 299 g/mol. The molecule has 1 aliphatic heterocycles. The van der Waals surface area contributed by atoms with Gasteiger partial charge in [-0.2, -0.15) is 0 Å². The fourth-order valence-corrected chi connectivity index (χ4v) is 2.54. The highest BCUT2D eigenvalue weighted by Crippen LogP contribution is 2.17. The van der Waals surface area contributed by atoms with Gasteiger partial charge in [-0.3, -0.25) is 10.2 Å². The Morgan fingerprint density at radius 1 is 1.30 bits per heavy atom. The molecule has 0 bridgehead atoms. The van der Waals surface area contributed by atoms with Crippen molar-refractivity contribution in [3.05, 3.63) is 23.8 Å². The van der Waals surface area contributed by atoms with Gasteiger partial charge in [-0.15, -0.1) is 0 Å². The number of ether oxygens (including phenoxy) is 1. The van der Waals surface area contributed by atoms with Gasteiger partial charge in [-0.05, 0) is 18.2 Å². The van der Waals surface area contributed by atoms with Crippen molar-refractivity contribution in [3.8, 4) is 0 Å². The van der Waals surface area contributed by atoms with E-state index in [1.807, 2.05) is 0 Å². The molecular formula is C12H17N3O4S. The van der Waals surface area contributed by atoms with Crippen LogP contribution in [0.2, 0.25) is 0 Å². The fourth-order valence-electron chi connectivity index (χ4n) is 1.85. The van der Waals surface area contributed by atoms with Crippen LogP contribution in [0.5, 0.6) is 0 Å². The first-order valence-electron chi connectivity index (χ1n) is 6.10. The Kier molecular flexibility index (Phi) is 4.26. The Morgan fingerprint density at radius 3 is 2.55 bits per heavy atom. The molecule has 1 fully saturated rings. The number of benzene rings is 1. The van der Waals surface area contributed by atoms with E-state index < -0.39 is 9.84 Å². The molecule has 1 amide bonds. The molecule has 7 nitrogen and oxygen atoms in total. The van der Waals surface area contributed by atoms with Gasteiger partial charge in [0, 0.05) is 30.6 Å². The Hall–Kier alpha value is -1.64. The molecule has 0 saturated carbocycles. The van der Waals surface area contributed by atoms with E-state index in [4.69, 9.17) is 10.5 Å². The van der Waals surface area contributed by atoms with Gasteiger partial charge in [0.1, 0.15) is 0 Å². The molecule has 1 aliphatic rings. The van der Waals surface area contributed by atoms with Crippen LogP contribution in [0.1, 0.15) is 10.4 Å². The standard InChI is InChI=1S/C12H17N3O4S/c1-20(17,18)11-7-9(6-10(13)8-11)12(16)14-15-2-4-19-5-3-15/h6-8H,2-5,13H2,1H3,(H,14,16). The number of carbonyl (C=O) groups excluding carboxylic acids is 1. The predicted molar refractivity (Wildman–Crippen MR) is 73.8 cm³/mol. The van der Waals surface area contributed by atoms with Crippen LogP contribution < -0.4 is 11.2 Å². The zero-order valence-corrected chi connectivity index (χ0v) is 11.9. The van der Waals surface area contributed by atoms with Crippen LogP contribution in [-0.4, -0.2) is 51.9 Å². The third kappa shape index (κ3) is 3.69. The summed E-state index contributed by atoms with van der Waals surface area (Å²) in [5.41, 5.74) is 8.81. The minimum Gasteiger partial charge on any atom is -0.399 e. The topological polar surface area (TPSA) is 102 Å². The van der Waals surface area contributed by atoms with Crippen molar-refractivity contribution >= 4 is 21.4 Å². The van der Waals surface area contributed by atoms with Crippen molar-refractivity contribution in [2.75, 3.05) is 38.3 Å². The molecule has 8 heteroatoms. The van der Waals surface area contributed by atoms with Crippen molar-refractivity contribution in [1.82, 2.24) is 10.4 Å². The zero-order valence-electron chi connectivity index (χ0n) is 11.1. The first-order valence-corrected chi connectivity index (χ1v) is 8.00. The van der Waals surface area contributed by atoms with E-state index in [1.54, 1.807) is 5.01 Å². The van der Waals surface area contributed by atoms with E-state index in [0.29, 0.717) is 26.3 Å². The van der Waals surface area contributed by atoms with Gasteiger partial charge in [-0.1, -0.05) is 0 Å². The van der Waals surface area contributed by atoms with Gasteiger partial charge < -0.3 is 10.5 Å². The van der Waals surface area contributed by atoms with Gasteiger partial charge in [0.05, 0.1) is 18.1 Å². The largest absolute Gasteiger partial charge is 0.399 e. The maximum absolute atomic E-state index is 12.1. The summed E-state index contributed by atoms with van der Waals surface area (Å²) < 4.78 is 28.2. The molecule has 0 atom stereocenters. The smallest absolute Gasteiger partial charge is 0.265 e. The summed E-state index contributed by atoms with van der Waals surface area (Å²) in [6.07, 6.45) is 1.07. The number of nitrogens with two attached hydrogens (primary N) is 1. The Morgan fingerprint density at radius 2 is 1.95 bits per heavy atom. The molecule has 1 aromatic carbocycles. The maximum Gasteiger partial charge on any atom is 0.265 e. The molecule has 1 saturated heterocycles. The predicted octanol–water partition coefficient (Wildman–Crippen LogP) is -0.351. The number of nitrogens with zero attached hydrogens (tertiary/aromatic N) is 1. The molecule has 0 spiro atoms. The molecule has 2 rings (SSSR count). The van der Waals surface area contributed by atoms with Crippen LogP contribution in [0.15, 0.2) is 23.1 Å². The highest BCUT2D eigenvalue weighted by molar-refractivity contribution is 7.90. The van der Waals surface area contributed by atoms with E-state index in [0.717, 1.165) is 6.26 Å². The van der Waals surface area contributed by atoms with Crippen molar-refractivity contribution < 1.29 is 17.9 Å². The molecule has 110 valence electrons. The second-order valence-electron chi connectivity index (χ2n) is 4.60. The third-order valence-corrected chi connectivity index (χ3v) is 3.98. The average Bonchev–Trinajstić information content (AvgIpc) is 2.38. The number of carbonyl (C=O) groups is 1. The fraction of sp³-hybridized carbons (Fsp3) is 0.417. The SMILES string of the molecule is CS(=O)(=O)c1cc(N)cc(C(=O)NN2CCOCC2)c1. The number of nitrogen functional groups attached to an aromatic ring is 1. The zero-order chi connectivity index (χ0) is 14.8. The monoisotopic (exact) mass is 299 g/mol. The number of sulfone groups is 1. The first-order chi connectivity index (χ1) is 9.36. The first kappa shape index (κ1) is 14.8. The lowest BCUT2D eigenvalue weighted by molar-refractivity contribution is 0.0126. The van der Waals surface area contributed by atoms with E-state index >= 15 is 0 Å². The minimum absolute atomic E-state index is 0.0321. The number of hydrogen-bond acceptors (Lipinski definition) is 6. The number of amides is 1. The quantitative estimate of drug-likeness (QED) is 0.740. The number of nitrogens with one attached hydrogen (secondary N) is 1. The van der Waals surface area contributed by atoms with Gasteiger partial charge in [0.2, 0.25) is 0 Å². The van der Waals surface area contributed by atoms with Crippen LogP contribution in [0, 0.1) is 0 Å². The lowest BCUT2D eigenvalue weighted by Gasteiger charge is -2.27. The minimum atomic E-state index is -3.41. The molecule has 0 radical (unpaired) electrons. The summed E-state index contributed by atoms with van der Waals surface area (Å²) >= 11 is 0. The van der Waals surface area contributed by atoms with Gasteiger partial charge in [-0.25, -0.2) is 13.4 Å². The maximum atomic E-state index is 12.1. The Bertz CT molecular complexity index is 609. The molecule has 1 heterocycles. The van der Waals surface area contributed by atoms with E-state index in [9.17, 15) is 13.2 Å². The van der Waals surface area contributed by atoms with Crippen molar-refractivity contribution in [2.24, 2.45) is 0 Å². The highest BCUT2D eigenvalue weighted by atomic mass is 32.2. The van der Waals surface area contributed by atoms with Crippen molar-refractivity contribution in [2.45, 2.75) is 4.90 Å². The lowest BCUT2D eigenvalue weighted by atomic mass is 10.2. The van der Waals surface area contributed by atoms with E-state index in [1.165, 1.54) is 18.2 Å². The van der Waals surface area contributed by atoms with E-state index in [-0.39, 0.29) is 22.1 Å². The summed E-state index contributed by atoms with van der Waals surface area (Å²) in [6.45, 7) is 2.28. The second-order valence-corrected chi connectivity index (χ2v) is 6.62. The molecule has 0 aromatic heterocycles. The summed E-state index contributed by atoms with van der Waals surface area (Å²) in [6, 6.07) is 4.10. The lowest BCUT2D eigenvalue weighted by Crippen LogP contribution is -2.48. The van der Waals surface area contributed by atoms with Crippen molar-refractivity contribution in [3.63, 3.8) is 0 Å². The van der Waals surface area contributed by atoms with Crippen molar-refractivity contribution in [1.29, 1.82) is 0 Å². The number of hydrogen-bond donors (Lipinski definition) is 2. The number of rotatable bonds is 3. The molecule has 1 aromatic rings. The van der Waals surface area contributed by atoms with Crippen LogP contribution >= 0.6 is 0 Å². The number of anilines is 1. The third-order valence-electron chi connectivity index (χ3n) is 2.89. The Labute approximate surface area is 117 Å². The summed E-state index contributed by atoms with van der Waals surface area (Å²) in [5.74, 6) is -0.385. The molecular weight excluding hydrogens is 282 g/mol. The summed E-state index contributed by atoms with van der Waals surface area (Å²) in [4.78, 5) is 12.1. The van der Waals surface area contributed by atoms with Gasteiger partial charge in [0.15, 0.2) is 9.84 Å². The summed E-state index contributed by atoms with van der Waals surface area (Å²) in [7, 11) is -3.41. The molecule has 3 N–H and O–H groups in total. The molecule has 0 aliphatic carbocycles. The number of morpholine rings is 1. The van der Waals surface area contributed by atoms with E-state index in [2.05, 4.69) is 5.43 Å². The molecule has 20 heavy (non-hydrogen) atoms. The van der Waals surface area contributed by atoms with Crippen LogP contribution in [0.3, 0.4) is 0 Å². The summed E-state index contributed by atoms with van der Waals surface area (Å²) in [5, 5.41) is 1.73. The highest BCUT2D eigenvalue weighted by Gasteiger charge is 2.17. The second kappa shape index (κ2) is 5.78. The van der Waals surface area contributed by atoms with Gasteiger partial charge in [0.25, 0.3) is 5.91 Å². The number of hydrazine groups is 1. The molecule has 0 unspecified atom stereocenters. The van der Waals surface area contributed by atoms with Crippen LogP contribution in [0.4, 0.5) is 5.69 Å². The van der Waals surface area contributed by atoms with Crippen LogP contribution in [-0.2, 0) is 14.6 Å². The Balaban J connectivity index is 2.19. The van der Waals surface area contributed by atoms with Gasteiger partial charge >= 0.3 is 0 Å². The normalized spacial score (nSPS) is 16.9. The van der Waals surface area contributed by atoms with Crippen LogP contribution in [0.25, 0.3) is 0 Å².